The van der Waals surface area contributed by atoms with Crippen molar-refractivity contribution in [2.45, 2.75) is 45.4 Å². The largest absolute Gasteiger partial charge is 0.378 e. The summed E-state index contributed by atoms with van der Waals surface area (Å²) in [5, 5.41) is 0.774. The van der Waals surface area contributed by atoms with E-state index in [1.54, 1.807) is 0 Å². The predicted octanol–water partition coefficient (Wildman–Crippen LogP) is 3.30. The molecule has 0 aromatic heterocycles. The summed E-state index contributed by atoms with van der Waals surface area (Å²) >= 11 is 5.92. The van der Waals surface area contributed by atoms with E-state index in [1.165, 1.54) is 5.56 Å². The molecule has 1 aliphatic rings. The molecule has 0 heterocycles. The fourth-order valence-electron chi connectivity index (χ4n) is 3.21. The van der Waals surface area contributed by atoms with Gasteiger partial charge in [-0.05, 0) is 38.1 Å². The van der Waals surface area contributed by atoms with Crippen LogP contribution in [-0.2, 0) is 11.3 Å². The van der Waals surface area contributed by atoms with Crippen LogP contribution >= 0.6 is 11.6 Å². The molecule has 118 valence electrons. The summed E-state index contributed by atoms with van der Waals surface area (Å²) in [6.45, 7) is 8.97. The number of benzene rings is 1. The van der Waals surface area contributed by atoms with Gasteiger partial charge in [0.15, 0.2) is 0 Å². The molecule has 2 N–H and O–H groups in total. The van der Waals surface area contributed by atoms with E-state index in [0.717, 1.165) is 31.1 Å². The zero-order valence-corrected chi connectivity index (χ0v) is 14.3. The van der Waals surface area contributed by atoms with Crippen LogP contribution in [0.5, 0.6) is 0 Å². The van der Waals surface area contributed by atoms with Crippen LogP contribution in [0.25, 0.3) is 0 Å². The molecule has 0 spiro atoms. The lowest BCUT2D eigenvalue weighted by Crippen LogP contribution is -2.73. The van der Waals surface area contributed by atoms with Gasteiger partial charge in [0, 0.05) is 35.7 Å². The van der Waals surface area contributed by atoms with E-state index in [-0.39, 0.29) is 17.1 Å². The van der Waals surface area contributed by atoms with Gasteiger partial charge in [0.05, 0.1) is 6.10 Å². The molecule has 2 atom stereocenters. The standard InChI is InChI=1S/C17H27ClN2O/c1-5-21-15-10-17(19,16(15,2)3)12-20(4)11-13-6-8-14(18)9-7-13/h6-9,15H,5,10-12,19H2,1-4H3. The summed E-state index contributed by atoms with van der Waals surface area (Å²) in [4.78, 5) is 2.28. The number of nitrogens with zero attached hydrogens (tertiary/aromatic N) is 1. The molecule has 0 radical (unpaired) electrons. The third kappa shape index (κ3) is 3.42. The second-order valence-corrected chi connectivity index (χ2v) is 7.26. The molecule has 1 aromatic rings. The van der Waals surface area contributed by atoms with Crippen LogP contribution in [0.3, 0.4) is 0 Å². The minimum Gasteiger partial charge on any atom is -0.378 e. The molecule has 21 heavy (non-hydrogen) atoms. The lowest BCUT2D eigenvalue weighted by molar-refractivity contribution is -0.155. The van der Waals surface area contributed by atoms with Crippen molar-refractivity contribution in [1.82, 2.24) is 4.90 Å². The first-order valence-corrected chi connectivity index (χ1v) is 8.00. The van der Waals surface area contributed by atoms with Crippen LogP contribution in [0, 0.1) is 5.41 Å². The third-order valence-electron chi connectivity index (χ3n) is 4.92. The number of ether oxygens (including phenoxy) is 1. The molecule has 0 amide bonds. The van der Waals surface area contributed by atoms with E-state index >= 15 is 0 Å². The Morgan fingerprint density at radius 2 is 1.95 bits per heavy atom. The van der Waals surface area contributed by atoms with Crippen molar-refractivity contribution in [3.63, 3.8) is 0 Å². The molecule has 1 saturated carbocycles. The molecule has 1 fully saturated rings. The second kappa shape index (κ2) is 6.25. The second-order valence-electron chi connectivity index (χ2n) is 6.82. The van der Waals surface area contributed by atoms with Gasteiger partial charge in [0.25, 0.3) is 0 Å². The predicted molar refractivity (Wildman–Crippen MR) is 88.5 cm³/mol. The van der Waals surface area contributed by atoms with Crippen LogP contribution in [0.2, 0.25) is 5.02 Å². The smallest absolute Gasteiger partial charge is 0.0662 e. The van der Waals surface area contributed by atoms with Crippen LogP contribution in [-0.4, -0.2) is 36.7 Å². The molecule has 1 aliphatic carbocycles. The molecular weight excluding hydrogens is 284 g/mol. The van der Waals surface area contributed by atoms with Crippen LogP contribution < -0.4 is 5.73 Å². The minimum absolute atomic E-state index is 0.0112. The summed E-state index contributed by atoms with van der Waals surface area (Å²) in [6.07, 6.45) is 1.20. The maximum Gasteiger partial charge on any atom is 0.0662 e. The van der Waals surface area contributed by atoms with Gasteiger partial charge in [0.2, 0.25) is 0 Å². The van der Waals surface area contributed by atoms with E-state index in [9.17, 15) is 0 Å². The quantitative estimate of drug-likeness (QED) is 0.876. The van der Waals surface area contributed by atoms with E-state index < -0.39 is 0 Å². The van der Waals surface area contributed by atoms with Crippen molar-refractivity contribution in [3.05, 3.63) is 34.9 Å². The number of nitrogens with two attached hydrogens (primary N) is 1. The van der Waals surface area contributed by atoms with E-state index in [4.69, 9.17) is 22.1 Å². The Labute approximate surface area is 133 Å². The molecule has 0 bridgehead atoms. The summed E-state index contributed by atoms with van der Waals surface area (Å²) in [7, 11) is 2.12. The first-order valence-electron chi connectivity index (χ1n) is 7.62. The van der Waals surface area contributed by atoms with Crippen molar-refractivity contribution in [2.75, 3.05) is 20.2 Å². The van der Waals surface area contributed by atoms with Gasteiger partial charge < -0.3 is 15.4 Å². The first-order chi connectivity index (χ1) is 9.78. The SMILES string of the molecule is CCOC1CC(N)(CN(C)Cc2ccc(Cl)cc2)C1(C)C. The van der Waals surface area contributed by atoms with Gasteiger partial charge in [0.1, 0.15) is 0 Å². The van der Waals surface area contributed by atoms with Gasteiger partial charge in [-0.2, -0.15) is 0 Å². The maximum atomic E-state index is 6.64. The number of hydrogen-bond donors (Lipinski definition) is 1. The number of likely N-dealkylation sites (N-methyl/N-ethyl adjacent to an activating group) is 1. The highest BCUT2D eigenvalue weighted by molar-refractivity contribution is 6.30. The Morgan fingerprint density at radius 3 is 2.48 bits per heavy atom. The van der Waals surface area contributed by atoms with Crippen LogP contribution in [0.1, 0.15) is 32.8 Å². The Hall–Kier alpha value is -0.610. The molecule has 3 nitrogen and oxygen atoms in total. The summed E-state index contributed by atoms with van der Waals surface area (Å²) in [5.41, 5.74) is 7.72. The highest BCUT2D eigenvalue weighted by Gasteiger charge is 2.58. The van der Waals surface area contributed by atoms with Crippen molar-refractivity contribution in [1.29, 1.82) is 0 Å². The lowest BCUT2D eigenvalue weighted by atomic mass is 9.54. The summed E-state index contributed by atoms with van der Waals surface area (Å²) < 4.78 is 5.79. The van der Waals surface area contributed by atoms with Crippen molar-refractivity contribution in [3.8, 4) is 0 Å². The van der Waals surface area contributed by atoms with Crippen molar-refractivity contribution >= 4 is 11.6 Å². The van der Waals surface area contributed by atoms with Gasteiger partial charge in [-0.15, -0.1) is 0 Å². The number of rotatable bonds is 6. The van der Waals surface area contributed by atoms with Gasteiger partial charge in [-0.1, -0.05) is 37.6 Å². The Balaban J connectivity index is 1.93. The van der Waals surface area contributed by atoms with Crippen molar-refractivity contribution in [2.24, 2.45) is 11.1 Å². The third-order valence-corrected chi connectivity index (χ3v) is 5.18. The van der Waals surface area contributed by atoms with E-state index in [1.807, 2.05) is 19.1 Å². The highest BCUT2D eigenvalue weighted by atomic mass is 35.5. The summed E-state index contributed by atoms with van der Waals surface area (Å²) in [5.74, 6) is 0. The number of halogens is 1. The minimum atomic E-state index is -0.186. The summed E-state index contributed by atoms with van der Waals surface area (Å²) in [6, 6.07) is 8.00. The Bertz CT molecular complexity index is 474. The molecule has 1 aromatic carbocycles. The Morgan fingerprint density at radius 1 is 1.33 bits per heavy atom. The molecule has 0 saturated heterocycles. The molecule has 2 unspecified atom stereocenters. The van der Waals surface area contributed by atoms with Gasteiger partial charge in [-0.25, -0.2) is 0 Å². The molecule has 0 aliphatic heterocycles. The van der Waals surface area contributed by atoms with Gasteiger partial charge in [-0.3, -0.25) is 0 Å². The Kier molecular flexibility index (Phi) is 4.99. The average Bonchev–Trinajstić information content (AvgIpc) is 2.41. The average molecular weight is 311 g/mol. The first kappa shape index (κ1) is 16.8. The van der Waals surface area contributed by atoms with Crippen LogP contribution in [0.15, 0.2) is 24.3 Å². The molecule has 2 rings (SSSR count). The van der Waals surface area contributed by atoms with E-state index in [2.05, 4.69) is 37.9 Å². The van der Waals surface area contributed by atoms with E-state index in [0.29, 0.717) is 0 Å². The fraction of sp³-hybridized carbons (Fsp3) is 0.647. The molecular formula is C17H27ClN2O. The topological polar surface area (TPSA) is 38.5 Å². The van der Waals surface area contributed by atoms with Crippen LogP contribution in [0.4, 0.5) is 0 Å². The zero-order valence-electron chi connectivity index (χ0n) is 13.5. The maximum absolute atomic E-state index is 6.64. The van der Waals surface area contributed by atoms with Gasteiger partial charge >= 0.3 is 0 Å². The normalized spacial score (nSPS) is 27.7. The number of hydrogen-bond acceptors (Lipinski definition) is 3. The van der Waals surface area contributed by atoms with Crippen molar-refractivity contribution < 1.29 is 4.74 Å². The molecule has 4 heteroatoms. The highest BCUT2D eigenvalue weighted by Crippen LogP contribution is 2.50. The fourth-order valence-corrected chi connectivity index (χ4v) is 3.34. The zero-order chi connectivity index (χ0) is 15.7. The monoisotopic (exact) mass is 310 g/mol. The lowest BCUT2D eigenvalue weighted by Gasteiger charge is -2.60.